The van der Waals surface area contributed by atoms with Crippen molar-refractivity contribution >= 4 is 34.8 Å². The van der Waals surface area contributed by atoms with Gasteiger partial charge in [0.1, 0.15) is 18.2 Å². The molecule has 0 spiro atoms. The molecule has 1 aromatic carbocycles. The number of alkyl carbamates (subject to hydrolysis) is 1. The summed E-state index contributed by atoms with van der Waals surface area (Å²) >= 11 is 0. The summed E-state index contributed by atoms with van der Waals surface area (Å²) in [6.45, 7) is 6.64. The van der Waals surface area contributed by atoms with Gasteiger partial charge in [-0.1, -0.05) is 44.6 Å². The third-order valence-electron chi connectivity index (χ3n) is 9.00. The molecule has 0 radical (unpaired) electrons. The Morgan fingerprint density at radius 2 is 1.60 bits per heavy atom. The van der Waals surface area contributed by atoms with Gasteiger partial charge in [0.2, 0.25) is 17.7 Å². The summed E-state index contributed by atoms with van der Waals surface area (Å²) in [5, 5.41) is 4.87. The van der Waals surface area contributed by atoms with Crippen molar-refractivity contribution in [2.24, 2.45) is 13.0 Å². The lowest BCUT2D eigenvalue weighted by atomic mass is 9.90. The Morgan fingerprint density at radius 1 is 0.956 bits per heavy atom. The van der Waals surface area contributed by atoms with Crippen LogP contribution in [0.5, 0.6) is 0 Å². The summed E-state index contributed by atoms with van der Waals surface area (Å²) in [6.07, 6.45) is 13.7. The molecule has 11 heteroatoms. The normalized spacial score (nSPS) is 19.5. The molecule has 248 valence electrons. The number of likely N-dealkylation sites (tertiary alicyclic amines) is 1. The van der Waals surface area contributed by atoms with E-state index in [-0.39, 0.29) is 30.5 Å². The summed E-state index contributed by atoms with van der Waals surface area (Å²) in [5.41, 5.74) is 1.72. The van der Waals surface area contributed by atoms with Crippen molar-refractivity contribution in [1.29, 1.82) is 0 Å². The van der Waals surface area contributed by atoms with Crippen LogP contribution in [0.4, 0.5) is 4.79 Å². The second kappa shape index (κ2) is 15.6. The first kappa shape index (κ1) is 34.2. The summed E-state index contributed by atoms with van der Waals surface area (Å²) in [4.78, 5) is 62.9. The van der Waals surface area contributed by atoms with Gasteiger partial charge in [0.25, 0.3) is 0 Å². The van der Waals surface area contributed by atoms with Crippen LogP contribution in [0.1, 0.15) is 109 Å². The third-order valence-corrected chi connectivity index (χ3v) is 9.00. The second-order valence-corrected chi connectivity index (χ2v) is 13.7. The molecule has 1 aromatic heterocycles. The Bertz CT molecular complexity index is 1400. The van der Waals surface area contributed by atoms with E-state index in [1.165, 1.54) is 43.1 Å². The van der Waals surface area contributed by atoms with Gasteiger partial charge in [-0.3, -0.25) is 28.8 Å². The number of nitrogens with one attached hydrogen (secondary N) is 2. The summed E-state index contributed by atoms with van der Waals surface area (Å²) in [5.74, 6) is -0.298. The minimum absolute atomic E-state index is 0.0597. The molecular weight excluding hydrogens is 574 g/mol. The zero-order chi connectivity index (χ0) is 32.6. The smallest absolute Gasteiger partial charge is 0.408 e. The maximum absolute atomic E-state index is 13.0. The lowest BCUT2D eigenvalue weighted by Crippen LogP contribution is -2.45. The maximum atomic E-state index is 13.0. The first-order valence-electron chi connectivity index (χ1n) is 16.7. The van der Waals surface area contributed by atoms with Crippen molar-refractivity contribution in [2.75, 3.05) is 19.6 Å². The summed E-state index contributed by atoms with van der Waals surface area (Å²) < 4.78 is 8.24. The number of piperidine rings is 2. The van der Waals surface area contributed by atoms with Gasteiger partial charge in [-0.05, 0) is 82.9 Å². The number of nitrogens with zero attached hydrogens (tertiary/aromatic N) is 3. The molecule has 5 rings (SSSR count). The van der Waals surface area contributed by atoms with Gasteiger partial charge in [0.15, 0.2) is 0 Å². The van der Waals surface area contributed by atoms with Crippen molar-refractivity contribution in [2.45, 2.75) is 116 Å². The Labute approximate surface area is 266 Å². The minimum atomic E-state index is -0.685. The summed E-state index contributed by atoms with van der Waals surface area (Å²) in [6, 6.07) is 5.22. The van der Waals surface area contributed by atoms with Gasteiger partial charge in [0.05, 0.1) is 11.0 Å². The number of amides is 4. The van der Waals surface area contributed by atoms with Crippen molar-refractivity contribution in [1.82, 2.24) is 24.7 Å². The Morgan fingerprint density at radius 3 is 2.20 bits per heavy atom. The van der Waals surface area contributed by atoms with Gasteiger partial charge < -0.3 is 15.0 Å². The van der Waals surface area contributed by atoms with Gasteiger partial charge in [0, 0.05) is 26.6 Å². The molecule has 1 atom stereocenters. The van der Waals surface area contributed by atoms with Crippen LogP contribution in [0.25, 0.3) is 11.0 Å². The average Bonchev–Trinajstić information content (AvgIpc) is 3.25. The molecule has 2 aromatic rings. The number of carbonyl (C=O) groups is 4. The molecule has 1 aliphatic carbocycles. The first-order valence-corrected chi connectivity index (χ1v) is 16.7. The van der Waals surface area contributed by atoms with E-state index >= 15 is 0 Å². The third kappa shape index (κ3) is 9.68. The molecule has 45 heavy (non-hydrogen) atoms. The Hall–Kier alpha value is -3.63. The van der Waals surface area contributed by atoms with Crippen molar-refractivity contribution < 1.29 is 23.9 Å². The quantitative estimate of drug-likeness (QED) is 0.427. The van der Waals surface area contributed by atoms with E-state index in [1.54, 1.807) is 37.3 Å². The molecule has 1 saturated carbocycles. The standard InChI is InChI=1S/C28H39N5O6.C6H12/c1-28(2,3)39-26(37)29-17-24(35)32-14-12-18(13-15-32)6-5-7-19-8-9-20-22(16-19)31(4)27(38)33(20)21-10-11-23(34)30-25(21)36;1-2-4-6-5-3-1/h8-9,16,18,21H,5-7,10-15,17H2,1-4H3,(H,29,37)(H,30,34,36);1-6H2. The minimum Gasteiger partial charge on any atom is -0.444 e. The van der Waals surface area contributed by atoms with Gasteiger partial charge in [-0.15, -0.1) is 0 Å². The van der Waals surface area contributed by atoms with E-state index in [4.69, 9.17) is 4.74 Å². The second-order valence-electron chi connectivity index (χ2n) is 13.7. The molecule has 1 unspecified atom stereocenters. The molecule has 2 N–H and O–H groups in total. The number of carbonyl (C=O) groups excluding carboxylic acids is 4. The van der Waals surface area contributed by atoms with E-state index in [0.717, 1.165) is 43.2 Å². The monoisotopic (exact) mass is 625 g/mol. The predicted molar refractivity (Wildman–Crippen MR) is 173 cm³/mol. The maximum Gasteiger partial charge on any atom is 0.408 e. The first-order chi connectivity index (χ1) is 21.4. The van der Waals surface area contributed by atoms with E-state index in [2.05, 4.69) is 10.6 Å². The fourth-order valence-electron chi connectivity index (χ4n) is 6.49. The SMILES string of the molecule is C1CCCCC1.Cn1c(=O)n(C2CCC(=O)NC2=O)c2ccc(CCCC3CCN(C(=O)CNC(=O)OC(C)(C)C)CC3)cc21. The topological polar surface area (TPSA) is 132 Å². The van der Waals surface area contributed by atoms with Crippen LogP contribution < -0.4 is 16.3 Å². The number of imide groups is 1. The predicted octanol–water partition coefficient (Wildman–Crippen LogP) is 4.74. The van der Waals surface area contributed by atoms with E-state index < -0.39 is 23.6 Å². The molecule has 3 fully saturated rings. The van der Waals surface area contributed by atoms with E-state index in [1.807, 2.05) is 18.2 Å². The highest BCUT2D eigenvalue weighted by atomic mass is 16.6. The molecule has 2 saturated heterocycles. The number of benzene rings is 1. The van der Waals surface area contributed by atoms with Crippen LogP contribution in [-0.2, 0) is 32.6 Å². The van der Waals surface area contributed by atoms with Crippen LogP contribution in [0.3, 0.4) is 0 Å². The average molecular weight is 626 g/mol. The molecule has 11 nitrogen and oxygen atoms in total. The zero-order valence-electron chi connectivity index (χ0n) is 27.5. The number of hydrogen-bond acceptors (Lipinski definition) is 6. The Kier molecular flexibility index (Phi) is 11.9. The molecule has 0 bridgehead atoms. The number of imidazole rings is 1. The highest BCUT2D eigenvalue weighted by Crippen LogP contribution is 2.26. The van der Waals surface area contributed by atoms with Crippen LogP contribution in [0, 0.1) is 5.92 Å². The van der Waals surface area contributed by atoms with Crippen LogP contribution in [-0.4, -0.2) is 63.1 Å². The highest BCUT2D eigenvalue weighted by molar-refractivity contribution is 6.00. The molecule has 2 aliphatic heterocycles. The number of hydrogen-bond donors (Lipinski definition) is 2. The lowest BCUT2D eigenvalue weighted by molar-refractivity contribution is -0.136. The molecule has 3 heterocycles. The molecular formula is C34H51N5O6. The van der Waals surface area contributed by atoms with Gasteiger partial charge >= 0.3 is 11.8 Å². The van der Waals surface area contributed by atoms with Crippen molar-refractivity contribution in [3.63, 3.8) is 0 Å². The highest BCUT2D eigenvalue weighted by Gasteiger charge is 2.31. The fraction of sp³-hybridized carbons (Fsp3) is 0.676. The Balaban J connectivity index is 0.000000687. The number of rotatable bonds is 7. The van der Waals surface area contributed by atoms with E-state index in [0.29, 0.717) is 30.9 Å². The lowest BCUT2D eigenvalue weighted by Gasteiger charge is -2.32. The number of aromatic nitrogens is 2. The van der Waals surface area contributed by atoms with Crippen LogP contribution in [0.15, 0.2) is 23.0 Å². The van der Waals surface area contributed by atoms with Crippen molar-refractivity contribution in [3.05, 3.63) is 34.2 Å². The largest absolute Gasteiger partial charge is 0.444 e. The van der Waals surface area contributed by atoms with Crippen LogP contribution in [0.2, 0.25) is 0 Å². The molecule has 3 aliphatic rings. The number of ether oxygens (including phenoxy) is 1. The zero-order valence-corrected chi connectivity index (χ0v) is 27.5. The van der Waals surface area contributed by atoms with Crippen LogP contribution >= 0.6 is 0 Å². The van der Waals surface area contributed by atoms with Gasteiger partial charge in [-0.25, -0.2) is 9.59 Å². The number of fused-ring (bicyclic) bond motifs is 1. The number of aryl methyl sites for hydroxylation is 2. The summed E-state index contributed by atoms with van der Waals surface area (Å²) in [7, 11) is 1.70. The van der Waals surface area contributed by atoms with Gasteiger partial charge in [-0.2, -0.15) is 0 Å². The van der Waals surface area contributed by atoms with Crippen molar-refractivity contribution in [3.8, 4) is 0 Å². The fourth-order valence-corrected chi connectivity index (χ4v) is 6.49. The van der Waals surface area contributed by atoms with E-state index in [9.17, 15) is 24.0 Å². The molecule has 4 amide bonds.